The molecule has 124 valence electrons. The second kappa shape index (κ2) is 11.2. The van der Waals surface area contributed by atoms with E-state index in [1.54, 1.807) is 0 Å². The maximum atomic E-state index is 2.26. The van der Waals surface area contributed by atoms with Crippen molar-refractivity contribution >= 4 is 18.5 Å². The summed E-state index contributed by atoms with van der Waals surface area (Å²) in [5, 5.41) is 2.87. The quantitative estimate of drug-likeness (QED) is 0.526. The molecule has 0 amide bonds. The molecule has 2 aromatic carbocycles. The molecule has 0 nitrogen and oxygen atoms in total. The van der Waals surface area contributed by atoms with Gasteiger partial charge in [-0.2, -0.15) is 0 Å². The standard InChI is InChI=1S/C18H16P.C5H5.Fe/c1-15-9-5-8-14-18(15)19(17-12-6-7-13-17)16-10-3-2-4-11-16;1-2-4-5-3-1;/h2-14H,1H3;1-5H;/q;;+2/t19-;;/m0../s1. The fraction of sp³-hybridized carbons (Fsp3) is 0.0435. The molecule has 0 bridgehead atoms. The SMILES string of the molecule is Cc1ccccc1[P@]([C]1[CH][CH][CH][CH]1)c1ccccc1.[CH]1[CH][CH][CH][CH]1.[Fe+2]. The second-order valence-electron chi connectivity index (χ2n) is 5.56. The zero-order valence-electron chi connectivity index (χ0n) is 14.2. The third-order valence-electron chi connectivity index (χ3n) is 3.83. The van der Waals surface area contributed by atoms with Gasteiger partial charge in [-0.15, -0.1) is 0 Å². The van der Waals surface area contributed by atoms with Gasteiger partial charge < -0.3 is 0 Å². The Hall–Kier alpha value is -0.611. The Kier molecular flexibility index (Phi) is 9.25. The Morgan fingerprint density at radius 3 is 1.68 bits per heavy atom. The largest absolute Gasteiger partial charge is 2.00 e. The summed E-state index contributed by atoms with van der Waals surface area (Å²) in [6.07, 6.45) is 18.7. The maximum absolute atomic E-state index is 2.26. The van der Waals surface area contributed by atoms with E-state index in [0.29, 0.717) is 0 Å². The second-order valence-corrected chi connectivity index (χ2v) is 7.75. The van der Waals surface area contributed by atoms with Crippen molar-refractivity contribution in [3.05, 3.63) is 124 Å². The van der Waals surface area contributed by atoms with E-state index in [1.807, 2.05) is 32.1 Å². The molecule has 0 saturated heterocycles. The minimum absolute atomic E-state index is 0. The molecule has 0 aliphatic heterocycles. The minimum atomic E-state index is -0.430. The summed E-state index contributed by atoms with van der Waals surface area (Å²) in [6, 6.07) is 19.6. The van der Waals surface area contributed by atoms with E-state index in [4.69, 9.17) is 0 Å². The third-order valence-corrected chi connectivity index (χ3v) is 6.44. The van der Waals surface area contributed by atoms with Gasteiger partial charge in [0.15, 0.2) is 0 Å². The van der Waals surface area contributed by atoms with E-state index in [1.165, 1.54) is 21.8 Å². The number of hydrogen-bond donors (Lipinski definition) is 0. The predicted molar refractivity (Wildman–Crippen MR) is 106 cm³/mol. The minimum Gasteiger partial charge on any atom is -0.0622 e. The van der Waals surface area contributed by atoms with Crippen molar-refractivity contribution in [1.82, 2.24) is 0 Å². The van der Waals surface area contributed by atoms with Crippen LogP contribution in [-0.4, -0.2) is 0 Å². The first kappa shape index (κ1) is 20.7. The van der Waals surface area contributed by atoms with Crippen LogP contribution in [0.15, 0.2) is 54.6 Å². The monoisotopic (exact) mass is 384 g/mol. The molecule has 1 atom stereocenters. The molecule has 0 spiro atoms. The van der Waals surface area contributed by atoms with Crippen LogP contribution in [0.4, 0.5) is 0 Å². The molecule has 4 rings (SSSR count). The normalized spacial score (nSPS) is 18.1. The van der Waals surface area contributed by atoms with Gasteiger partial charge in [-0.05, 0) is 88.8 Å². The molecular formula is C23H21FeP+2. The van der Waals surface area contributed by atoms with Crippen LogP contribution in [0, 0.1) is 70.4 Å². The summed E-state index contributed by atoms with van der Waals surface area (Å²) < 4.78 is 0. The number of hydrogen-bond acceptors (Lipinski definition) is 0. The third kappa shape index (κ3) is 5.96. The zero-order chi connectivity index (χ0) is 16.6. The zero-order valence-corrected chi connectivity index (χ0v) is 16.2. The van der Waals surface area contributed by atoms with Crippen LogP contribution < -0.4 is 10.6 Å². The topological polar surface area (TPSA) is 0 Å². The van der Waals surface area contributed by atoms with Gasteiger partial charge in [-0.25, -0.2) is 0 Å². The van der Waals surface area contributed by atoms with Gasteiger partial charge in [0.25, 0.3) is 0 Å². The van der Waals surface area contributed by atoms with Gasteiger partial charge in [0.05, 0.1) is 0 Å². The Labute approximate surface area is 166 Å². The summed E-state index contributed by atoms with van der Waals surface area (Å²) in [5.74, 6) is 0. The van der Waals surface area contributed by atoms with Crippen molar-refractivity contribution in [2.24, 2.45) is 0 Å². The molecule has 0 aromatic heterocycles. The average Bonchev–Trinajstić information content (AvgIpc) is 3.34. The van der Waals surface area contributed by atoms with Crippen molar-refractivity contribution < 1.29 is 17.1 Å². The Bertz CT molecular complexity index is 593. The predicted octanol–water partition coefficient (Wildman–Crippen LogP) is 4.81. The first-order valence-electron chi connectivity index (χ1n) is 8.15. The van der Waals surface area contributed by atoms with Gasteiger partial charge in [-0.3, -0.25) is 0 Å². The molecule has 0 unspecified atom stereocenters. The Morgan fingerprint density at radius 2 is 1.12 bits per heavy atom. The van der Waals surface area contributed by atoms with Crippen LogP contribution in [0.25, 0.3) is 0 Å². The fourth-order valence-electron chi connectivity index (χ4n) is 2.65. The van der Waals surface area contributed by atoms with E-state index < -0.39 is 7.92 Å². The average molecular weight is 384 g/mol. The number of benzene rings is 2. The van der Waals surface area contributed by atoms with E-state index in [0.717, 1.165) is 0 Å². The summed E-state index contributed by atoms with van der Waals surface area (Å²) in [6.45, 7) is 2.20. The molecule has 0 N–H and O–H groups in total. The van der Waals surface area contributed by atoms with Gasteiger partial charge >= 0.3 is 17.1 Å². The van der Waals surface area contributed by atoms with E-state index in [9.17, 15) is 0 Å². The fourth-order valence-corrected chi connectivity index (χ4v) is 5.11. The van der Waals surface area contributed by atoms with Crippen LogP contribution in [0.5, 0.6) is 0 Å². The number of rotatable bonds is 3. The maximum Gasteiger partial charge on any atom is 2.00 e. The molecule has 2 aliphatic rings. The van der Waals surface area contributed by atoms with Gasteiger partial charge in [0, 0.05) is 5.66 Å². The Balaban J connectivity index is 0.000000325. The Morgan fingerprint density at radius 1 is 0.600 bits per heavy atom. The molecule has 2 heteroatoms. The van der Waals surface area contributed by atoms with E-state index >= 15 is 0 Å². The van der Waals surface area contributed by atoms with Crippen molar-refractivity contribution in [3.8, 4) is 0 Å². The molecule has 2 aromatic rings. The van der Waals surface area contributed by atoms with Crippen LogP contribution in [0.3, 0.4) is 0 Å². The van der Waals surface area contributed by atoms with Crippen molar-refractivity contribution in [2.45, 2.75) is 6.92 Å². The van der Waals surface area contributed by atoms with Crippen LogP contribution in [0.1, 0.15) is 5.56 Å². The summed E-state index contributed by atoms with van der Waals surface area (Å²) in [7, 11) is -0.430. The van der Waals surface area contributed by atoms with Crippen molar-refractivity contribution in [1.29, 1.82) is 0 Å². The summed E-state index contributed by atoms with van der Waals surface area (Å²) in [5.41, 5.74) is 2.80. The van der Waals surface area contributed by atoms with E-state index in [-0.39, 0.29) is 17.1 Å². The molecule has 10 radical (unpaired) electrons. The first-order valence-corrected chi connectivity index (χ1v) is 9.49. The molecule has 2 fully saturated rings. The molecular weight excluding hydrogens is 363 g/mol. The van der Waals surface area contributed by atoms with Crippen LogP contribution >= 0.6 is 7.92 Å². The van der Waals surface area contributed by atoms with Crippen molar-refractivity contribution in [3.63, 3.8) is 0 Å². The van der Waals surface area contributed by atoms with Gasteiger partial charge in [0.2, 0.25) is 0 Å². The summed E-state index contributed by atoms with van der Waals surface area (Å²) in [4.78, 5) is 0. The smallest absolute Gasteiger partial charge is 0.0622 e. The van der Waals surface area contributed by atoms with Crippen molar-refractivity contribution in [2.75, 3.05) is 0 Å². The molecule has 0 heterocycles. The van der Waals surface area contributed by atoms with Gasteiger partial charge in [-0.1, -0.05) is 54.6 Å². The van der Waals surface area contributed by atoms with E-state index in [2.05, 4.69) is 87.2 Å². The summed E-state index contributed by atoms with van der Waals surface area (Å²) >= 11 is 0. The first-order chi connectivity index (χ1) is 11.9. The molecule has 2 aliphatic carbocycles. The molecule has 25 heavy (non-hydrogen) atoms. The number of aryl methyl sites for hydroxylation is 1. The van der Waals surface area contributed by atoms with Crippen LogP contribution in [-0.2, 0) is 17.1 Å². The van der Waals surface area contributed by atoms with Crippen LogP contribution in [0.2, 0.25) is 0 Å². The van der Waals surface area contributed by atoms with Gasteiger partial charge in [0.1, 0.15) is 0 Å². The molecule has 2 saturated carbocycles.